The predicted molar refractivity (Wildman–Crippen MR) is 68.5 cm³/mol. The molecule has 0 spiro atoms. The van der Waals surface area contributed by atoms with Crippen LogP contribution >= 0.6 is 11.6 Å². The lowest BCUT2D eigenvalue weighted by atomic mass is 9.87. The minimum Gasteiger partial charge on any atom is -0.480 e. The highest BCUT2D eigenvalue weighted by molar-refractivity contribution is 6.33. The third kappa shape index (κ3) is 3.34. The van der Waals surface area contributed by atoms with Crippen molar-refractivity contribution in [3.05, 3.63) is 22.8 Å². The Balaban J connectivity index is 3.03. The Kier molecular flexibility index (Phi) is 4.15. The Labute approximate surface area is 110 Å². The molecule has 1 heterocycles. The molecular formula is C12H14ClN3O2. The van der Waals surface area contributed by atoms with Gasteiger partial charge >= 0.3 is 5.97 Å². The van der Waals surface area contributed by atoms with Crippen molar-refractivity contribution < 1.29 is 9.90 Å². The van der Waals surface area contributed by atoms with Crippen LogP contribution in [0.4, 0.5) is 5.82 Å². The largest absolute Gasteiger partial charge is 0.480 e. The van der Waals surface area contributed by atoms with Gasteiger partial charge in [0.1, 0.15) is 17.9 Å². The van der Waals surface area contributed by atoms with E-state index >= 15 is 0 Å². The molecule has 5 nitrogen and oxygen atoms in total. The first-order valence-corrected chi connectivity index (χ1v) is 5.68. The zero-order valence-corrected chi connectivity index (χ0v) is 11.1. The van der Waals surface area contributed by atoms with Crippen molar-refractivity contribution in [2.75, 3.05) is 5.32 Å². The van der Waals surface area contributed by atoms with Crippen LogP contribution < -0.4 is 5.32 Å². The normalized spacial score (nSPS) is 12.6. The number of halogens is 1. The molecule has 0 fully saturated rings. The molecule has 0 amide bonds. The maximum absolute atomic E-state index is 11.2. The molecule has 0 aliphatic carbocycles. The maximum atomic E-state index is 11.2. The zero-order chi connectivity index (χ0) is 13.9. The van der Waals surface area contributed by atoms with Gasteiger partial charge in [0, 0.05) is 6.20 Å². The molecule has 1 aromatic heterocycles. The summed E-state index contributed by atoms with van der Waals surface area (Å²) in [6, 6.07) is 2.53. The second-order valence-corrected chi connectivity index (χ2v) is 5.36. The maximum Gasteiger partial charge on any atom is 0.326 e. The Morgan fingerprint density at radius 1 is 1.61 bits per heavy atom. The highest BCUT2D eigenvalue weighted by atomic mass is 35.5. The molecule has 1 unspecified atom stereocenters. The number of aromatic nitrogens is 1. The van der Waals surface area contributed by atoms with Crippen LogP contribution in [-0.2, 0) is 4.79 Å². The van der Waals surface area contributed by atoms with Gasteiger partial charge in [-0.15, -0.1) is 0 Å². The fraction of sp³-hybridized carbons (Fsp3) is 0.417. The molecule has 1 aromatic rings. The number of hydrogen-bond donors (Lipinski definition) is 2. The highest BCUT2D eigenvalue weighted by Crippen LogP contribution is 2.26. The number of pyridine rings is 1. The van der Waals surface area contributed by atoms with Gasteiger partial charge < -0.3 is 10.4 Å². The standard InChI is InChI=1S/C12H14ClN3O2/c1-12(2,3)9(11(17)18)16-10-8(13)4-7(5-14)6-15-10/h4,6,9H,1-3H3,(H,15,16)(H,17,18). The van der Waals surface area contributed by atoms with Gasteiger partial charge in [-0.05, 0) is 11.5 Å². The zero-order valence-electron chi connectivity index (χ0n) is 10.4. The summed E-state index contributed by atoms with van der Waals surface area (Å²) >= 11 is 5.94. The van der Waals surface area contributed by atoms with E-state index in [9.17, 15) is 9.90 Å². The lowest BCUT2D eigenvalue weighted by molar-refractivity contribution is -0.140. The monoisotopic (exact) mass is 267 g/mol. The van der Waals surface area contributed by atoms with Gasteiger partial charge in [0.05, 0.1) is 10.6 Å². The second-order valence-electron chi connectivity index (χ2n) is 4.95. The van der Waals surface area contributed by atoms with Crippen LogP contribution in [0, 0.1) is 16.7 Å². The molecule has 1 atom stereocenters. The van der Waals surface area contributed by atoms with Crippen LogP contribution in [0.5, 0.6) is 0 Å². The van der Waals surface area contributed by atoms with Crippen LogP contribution in [0.3, 0.4) is 0 Å². The molecule has 0 radical (unpaired) electrons. The fourth-order valence-electron chi connectivity index (χ4n) is 1.39. The molecular weight excluding hydrogens is 254 g/mol. The van der Waals surface area contributed by atoms with Gasteiger partial charge in [0.25, 0.3) is 0 Å². The molecule has 0 aliphatic rings. The Morgan fingerprint density at radius 2 is 2.22 bits per heavy atom. The number of rotatable bonds is 3. The second kappa shape index (κ2) is 5.23. The fourth-order valence-corrected chi connectivity index (χ4v) is 1.61. The first-order chi connectivity index (χ1) is 8.25. The van der Waals surface area contributed by atoms with Crippen molar-refractivity contribution in [2.24, 2.45) is 5.41 Å². The summed E-state index contributed by atoms with van der Waals surface area (Å²) < 4.78 is 0. The first-order valence-electron chi connectivity index (χ1n) is 5.30. The Morgan fingerprint density at radius 3 is 2.61 bits per heavy atom. The summed E-state index contributed by atoms with van der Waals surface area (Å²) in [7, 11) is 0. The number of carbonyl (C=O) groups is 1. The topological polar surface area (TPSA) is 86.0 Å². The average Bonchev–Trinajstić information content (AvgIpc) is 2.24. The molecule has 0 aromatic carbocycles. The number of carboxylic acid groups (broad SMARTS) is 1. The van der Waals surface area contributed by atoms with Gasteiger partial charge in [-0.3, -0.25) is 0 Å². The van der Waals surface area contributed by atoms with Gasteiger partial charge in [-0.2, -0.15) is 5.26 Å². The van der Waals surface area contributed by atoms with Crippen LogP contribution in [-0.4, -0.2) is 22.1 Å². The summed E-state index contributed by atoms with van der Waals surface area (Å²) in [5.41, 5.74) is -0.168. The summed E-state index contributed by atoms with van der Waals surface area (Å²) in [5.74, 6) is -0.720. The van der Waals surface area contributed by atoms with Crippen molar-refractivity contribution >= 4 is 23.4 Å². The van der Waals surface area contributed by atoms with Gasteiger partial charge in [-0.1, -0.05) is 32.4 Å². The average molecular weight is 268 g/mol. The molecule has 0 saturated heterocycles. The predicted octanol–water partition coefficient (Wildman–Crippen LogP) is 2.52. The van der Waals surface area contributed by atoms with Crippen LogP contribution in [0.25, 0.3) is 0 Å². The SMILES string of the molecule is CC(C)(C)C(Nc1ncc(C#N)cc1Cl)C(=O)O. The molecule has 0 saturated carbocycles. The van der Waals surface area contributed by atoms with Crippen LogP contribution in [0.15, 0.2) is 12.3 Å². The van der Waals surface area contributed by atoms with Gasteiger partial charge in [-0.25, -0.2) is 9.78 Å². The van der Waals surface area contributed by atoms with Crippen molar-refractivity contribution in [1.29, 1.82) is 5.26 Å². The van der Waals surface area contributed by atoms with Crippen molar-refractivity contribution in [1.82, 2.24) is 4.98 Å². The van der Waals surface area contributed by atoms with Crippen molar-refractivity contribution in [3.63, 3.8) is 0 Å². The van der Waals surface area contributed by atoms with E-state index in [1.807, 2.05) is 6.07 Å². The molecule has 96 valence electrons. The summed E-state index contributed by atoms with van der Waals surface area (Å²) in [6.45, 7) is 5.41. The number of nitriles is 1. The van der Waals surface area contributed by atoms with Crippen molar-refractivity contribution in [2.45, 2.75) is 26.8 Å². The quantitative estimate of drug-likeness (QED) is 0.879. The lowest BCUT2D eigenvalue weighted by Crippen LogP contribution is -2.41. The van der Waals surface area contributed by atoms with Gasteiger partial charge in [0.15, 0.2) is 0 Å². The molecule has 0 aliphatic heterocycles. The first kappa shape index (κ1) is 14.3. The minimum atomic E-state index is -0.982. The molecule has 18 heavy (non-hydrogen) atoms. The number of nitrogens with one attached hydrogen (secondary N) is 1. The molecule has 1 rings (SSSR count). The number of aliphatic carboxylic acids is 1. The molecule has 0 bridgehead atoms. The third-order valence-corrected chi connectivity index (χ3v) is 2.65. The smallest absolute Gasteiger partial charge is 0.326 e. The Hall–Kier alpha value is -1.80. The van der Waals surface area contributed by atoms with E-state index < -0.39 is 17.4 Å². The lowest BCUT2D eigenvalue weighted by Gasteiger charge is -2.28. The summed E-state index contributed by atoms with van der Waals surface area (Å²) in [5, 5.41) is 20.9. The van der Waals surface area contributed by atoms with E-state index in [4.69, 9.17) is 16.9 Å². The minimum absolute atomic E-state index is 0.226. The van der Waals surface area contributed by atoms with E-state index in [1.54, 1.807) is 20.8 Å². The van der Waals surface area contributed by atoms with E-state index in [1.165, 1.54) is 12.3 Å². The number of nitrogens with zero attached hydrogens (tertiary/aromatic N) is 2. The Bertz CT molecular complexity index is 503. The molecule has 2 N–H and O–H groups in total. The van der Waals surface area contributed by atoms with Gasteiger partial charge in [0.2, 0.25) is 0 Å². The van der Waals surface area contributed by atoms with Crippen LogP contribution in [0.1, 0.15) is 26.3 Å². The summed E-state index contributed by atoms with van der Waals surface area (Å²) in [4.78, 5) is 15.2. The highest BCUT2D eigenvalue weighted by Gasteiger charge is 2.31. The number of hydrogen-bond acceptors (Lipinski definition) is 4. The van der Waals surface area contributed by atoms with E-state index in [0.29, 0.717) is 5.56 Å². The number of carboxylic acids is 1. The van der Waals surface area contributed by atoms with E-state index in [0.717, 1.165) is 0 Å². The van der Waals surface area contributed by atoms with Crippen molar-refractivity contribution in [3.8, 4) is 6.07 Å². The van der Waals surface area contributed by atoms with Crippen LogP contribution in [0.2, 0.25) is 5.02 Å². The van der Waals surface area contributed by atoms with E-state index in [-0.39, 0.29) is 10.8 Å². The number of anilines is 1. The van der Waals surface area contributed by atoms with E-state index in [2.05, 4.69) is 10.3 Å². The third-order valence-electron chi connectivity index (χ3n) is 2.36. The summed E-state index contributed by atoms with van der Waals surface area (Å²) in [6.07, 6.45) is 1.34. The molecule has 6 heteroatoms.